The number of benzene rings is 1. The Labute approximate surface area is 105 Å². The Bertz CT molecular complexity index is 412. The van der Waals surface area contributed by atoms with Gasteiger partial charge in [-0.1, -0.05) is 6.07 Å². The van der Waals surface area contributed by atoms with E-state index >= 15 is 0 Å². The van der Waals surface area contributed by atoms with Gasteiger partial charge >= 0.3 is 6.61 Å². The monoisotopic (exact) mass is 256 g/mol. The van der Waals surface area contributed by atoms with Gasteiger partial charge in [-0.2, -0.15) is 8.78 Å². The van der Waals surface area contributed by atoms with Gasteiger partial charge in [0, 0.05) is 25.5 Å². The summed E-state index contributed by atoms with van der Waals surface area (Å²) < 4.78 is 34.2. The number of ether oxygens (including phenoxy) is 2. The van der Waals surface area contributed by atoms with E-state index in [4.69, 9.17) is 10.5 Å². The number of methoxy groups -OCH3 is 1. The van der Waals surface area contributed by atoms with Gasteiger partial charge in [0.05, 0.1) is 0 Å². The van der Waals surface area contributed by atoms with E-state index in [1.807, 2.05) is 0 Å². The number of hydrogen-bond donors (Lipinski definition) is 1. The molecule has 1 saturated carbocycles. The minimum absolute atomic E-state index is 0.162. The van der Waals surface area contributed by atoms with Crippen LogP contribution in [0.3, 0.4) is 0 Å². The molecular formula is C13H16F2NO2. The number of halogens is 2. The van der Waals surface area contributed by atoms with Gasteiger partial charge in [0.1, 0.15) is 5.75 Å². The van der Waals surface area contributed by atoms with Gasteiger partial charge < -0.3 is 15.2 Å². The number of hydrogen-bond acceptors (Lipinski definition) is 3. The van der Waals surface area contributed by atoms with Gasteiger partial charge in [0.15, 0.2) is 0 Å². The Morgan fingerprint density at radius 1 is 1.39 bits per heavy atom. The number of nitrogen functional groups attached to an aromatic ring is 1. The number of rotatable bonds is 6. The van der Waals surface area contributed by atoms with Gasteiger partial charge in [-0.25, -0.2) is 0 Å². The lowest BCUT2D eigenvalue weighted by Gasteiger charge is -2.11. The highest BCUT2D eigenvalue weighted by Crippen LogP contribution is 2.51. The molecule has 0 saturated heterocycles. The third-order valence-corrected chi connectivity index (χ3v) is 3.04. The molecule has 18 heavy (non-hydrogen) atoms. The van der Waals surface area contributed by atoms with E-state index in [1.165, 1.54) is 6.07 Å². The summed E-state index contributed by atoms with van der Waals surface area (Å²) in [6.07, 6.45) is 2.99. The second kappa shape index (κ2) is 5.52. The molecule has 2 unspecified atom stereocenters. The van der Waals surface area contributed by atoms with Crippen LogP contribution in [0.4, 0.5) is 14.5 Å². The molecule has 0 heterocycles. The lowest BCUT2D eigenvalue weighted by atomic mass is 10.1. The lowest BCUT2D eigenvalue weighted by molar-refractivity contribution is -0.0504. The normalized spacial score (nSPS) is 22.2. The van der Waals surface area contributed by atoms with Crippen LogP contribution in [0.15, 0.2) is 18.2 Å². The first-order chi connectivity index (χ1) is 8.61. The number of alkyl halides is 2. The summed E-state index contributed by atoms with van der Waals surface area (Å²) in [4.78, 5) is 0. The maximum Gasteiger partial charge on any atom is 0.387 e. The predicted molar refractivity (Wildman–Crippen MR) is 64.5 cm³/mol. The first-order valence-electron chi connectivity index (χ1n) is 5.80. The second-order valence-corrected chi connectivity index (χ2v) is 4.34. The molecule has 1 aliphatic carbocycles. The molecule has 3 nitrogen and oxygen atoms in total. The molecular weight excluding hydrogens is 240 g/mol. The van der Waals surface area contributed by atoms with Gasteiger partial charge in [-0.05, 0) is 36.3 Å². The van der Waals surface area contributed by atoms with Crippen molar-refractivity contribution in [2.24, 2.45) is 5.92 Å². The molecule has 1 aliphatic rings. The van der Waals surface area contributed by atoms with Gasteiger partial charge in [-0.3, -0.25) is 0 Å². The summed E-state index contributed by atoms with van der Waals surface area (Å²) in [5, 5.41) is 0. The summed E-state index contributed by atoms with van der Waals surface area (Å²) >= 11 is 0. The van der Waals surface area contributed by atoms with E-state index in [-0.39, 0.29) is 11.7 Å². The van der Waals surface area contributed by atoms with Crippen molar-refractivity contribution in [2.75, 3.05) is 19.5 Å². The molecule has 1 fully saturated rings. The standard InChI is InChI=1S/C13H16F2NO2/c1-17-5-4-8-6-11(8)10-3-2-9(16)7-12(10)18-13(14)15/h2-3,6-8,11,13H,4-5,16H2,1H3. The highest BCUT2D eigenvalue weighted by molar-refractivity contribution is 5.52. The van der Waals surface area contributed by atoms with E-state index in [0.29, 0.717) is 18.2 Å². The maximum absolute atomic E-state index is 12.3. The Hall–Kier alpha value is -1.36. The van der Waals surface area contributed by atoms with Crippen LogP contribution in [0.5, 0.6) is 5.75 Å². The third-order valence-electron chi connectivity index (χ3n) is 3.04. The fourth-order valence-corrected chi connectivity index (χ4v) is 2.09. The molecule has 5 heteroatoms. The topological polar surface area (TPSA) is 44.5 Å². The Balaban J connectivity index is 2.08. The number of nitrogens with two attached hydrogens (primary N) is 1. The van der Waals surface area contributed by atoms with Crippen molar-refractivity contribution in [2.45, 2.75) is 19.0 Å². The van der Waals surface area contributed by atoms with E-state index < -0.39 is 6.61 Å². The van der Waals surface area contributed by atoms with Crippen LogP contribution >= 0.6 is 0 Å². The van der Waals surface area contributed by atoms with Crippen molar-refractivity contribution in [1.82, 2.24) is 0 Å². The first kappa shape index (κ1) is 13.1. The fourth-order valence-electron chi connectivity index (χ4n) is 2.09. The summed E-state index contributed by atoms with van der Waals surface area (Å²) in [7, 11) is 1.64. The van der Waals surface area contributed by atoms with Crippen LogP contribution in [-0.2, 0) is 4.74 Å². The molecule has 0 bridgehead atoms. The fraction of sp³-hybridized carbons (Fsp3) is 0.462. The smallest absolute Gasteiger partial charge is 0.387 e. The maximum atomic E-state index is 12.3. The quantitative estimate of drug-likeness (QED) is 0.796. The van der Waals surface area contributed by atoms with Crippen LogP contribution in [0, 0.1) is 12.3 Å². The third kappa shape index (κ3) is 3.10. The highest BCUT2D eigenvalue weighted by Gasteiger charge is 2.40. The van der Waals surface area contributed by atoms with Gasteiger partial charge in [0.2, 0.25) is 0 Å². The van der Waals surface area contributed by atoms with Crippen molar-refractivity contribution in [3.05, 3.63) is 30.2 Å². The van der Waals surface area contributed by atoms with Crippen LogP contribution in [0.1, 0.15) is 17.9 Å². The summed E-state index contributed by atoms with van der Waals surface area (Å²) in [5.41, 5.74) is 6.77. The van der Waals surface area contributed by atoms with Crippen molar-refractivity contribution in [3.63, 3.8) is 0 Å². The first-order valence-corrected chi connectivity index (χ1v) is 5.80. The molecule has 1 aromatic carbocycles. The predicted octanol–water partition coefficient (Wildman–Crippen LogP) is 2.82. The van der Waals surface area contributed by atoms with E-state index in [2.05, 4.69) is 11.2 Å². The van der Waals surface area contributed by atoms with E-state index in [1.54, 1.807) is 19.2 Å². The molecule has 0 aliphatic heterocycles. The summed E-state index contributed by atoms with van der Waals surface area (Å²) in [5.74, 6) is 0.703. The molecule has 0 amide bonds. The molecule has 2 N–H and O–H groups in total. The minimum atomic E-state index is -2.83. The van der Waals surface area contributed by atoms with Crippen molar-refractivity contribution in [3.8, 4) is 5.75 Å². The average molecular weight is 256 g/mol. The van der Waals surface area contributed by atoms with Gasteiger partial charge in [0.25, 0.3) is 0 Å². The van der Waals surface area contributed by atoms with E-state index in [9.17, 15) is 8.78 Å². The number of anilines is 1. The van der Waals surface area contributed by atoms with Crippen LogP contribution < -0.4 is 10.5 Å². The molecule has 2 rings (SSSR count). The molecule has 0 spiro atoms. The van der Waals surface area contributed by atoms with Gasteiger partial charge in [-0.15, -0.1) is 0 Å². The van der Waals surface area contributed by atoms with Crippen LogP contribution in [-0.4, -0.2) is 20.3 Å². The van der Waals surface area contributed by atoms with E-state index in [0.717, 1.165) is 12.0 Å². The minimum Gasteiger partial charge on any atom is -0.434 e. The Morgan fingerprint density at radius 2 is 2.17 bits per heavy atom. The zero-order valence-electron chi connectivity index (χ0n) is 10.1. The Morgan fingerprint density at radius 3 is 2.83 bits per heavy atom. The zero-order valence-corrected chi connectivity index (χ0v) is 10.1. The van der Waals surface area contributed by atoms with Crippen molar-refractivity contribution < 1.29 is 18.3 Å². The second-order valence-electron chi connectivity index (χ2n) is 4.34. The zero-order chi connectivity index (χ0) is 13.1. The lowest BCUT2D eigenvalue weighted by Crippen LogP contribution is -2.05. The largest absolute Gasteiger partial charge is 0.434 e. The van der Waals surface area contributed by atoms with Crippen molar-refractivity contribution in [1.29, 1.82) is 0 Å². The SMILES string of the molecule is COCCC1[CH]C1c1ccc(N)cc1OC(F)F. The average Bonchev–Trinajstić information content (AvgIpc) is 3.05. The molecule has 99 valence electrons. The van der Waals surface area contributed by atoms with Crippen LogP contribution in [0.25, 0.3) is 0 Å². The molecule has 1 aromatic rings. The molecule has 2 atom stereocenters. The highest BCUT2D eigenvalue weighted by atomic mass is 19.3. The van der Waals surface area contributed by atoms with Crippen LogP contribution in [0.2, 0.25) is 0 Å². The molecule has 0 aromatic heterocycles. The Kier molecular flexibility index (Phi) is 4.01. The summed E-state index contributed by atoms with van der Waals surface area (Å²) in [6, 6.07) is 4.90. The summed E-state index contributed by atoms with van der Waals surface area (Å²) in [6.45, 7) is -2.17. The molecule has 1 radical (unpaired) electrons. The van der Waals surface area contributed by atoms with Crippen molar-refractivity contribution >= 4 is 5.69 Å².